The SMILES string of the molecule is COc1ccccc1CC(CCc1ccsc1)C(=O)O. The Labute approximate surface area is 122 Å². The lowest BCUT2D eigenvalue weighted by Gasteiger charge is -2.14. The number of rotatable bonds is 7. The second-order valence-corrected chi connectivity index (χ2v) is 5.50. The molecule has 0 saturated heterocycles. The van der Waals surface area contributed by atoms with Gasteiger partial charge < -0.3 is 9.84 Å². The summed E-state index contributed by atoms with van der Waals surface area (Å²) in [6, 6.07) is 9.65. The molecule has 0 aliphatic carbocycles. The molecule has 1 heterocycles. The fourth-order valence-electron chi connectivity index (χ4n) is 2.23. The number of para-hydroxylation sites is 1. The largest absolute Gasteiger partial charge is 0.496 e. The van der Waals surface area contributed by atoms with Crippen molar-refractivity contribution >= 4 is 17.3 Å². The van der Waals surface area contributed by atoms with Crippen LogP contribution >= 0.6 is 11.3 Å². The van der Waals surface area contributed by atoms with E-state index in [2.05, 4.69) is 5.38 Å². The third kappa shape index (κ3) is 3.84. The van der Waals surface area contributed by atoms with E-state index in [-0.39, 0.29) is 5.92 Å². The van der Waals surface area contributed by atoms with Crippen LogP contribution in [0.5, 0.6) is 5.75 Å². The van der Waals surface area contributed by atoms with Gasteiger partial charge in [-0.25, -0.2) is 0 Å². The maximum atomic E-state index is 11.4. The fraction of sp³-hybridized carbons (Fsp3) is 0.312. The lowest BCUT2D eigenvalue weighted by molar-refractivity contribution is -0.141. The number of hydrogen-bond donors (Lipinski definition) is 1. The first-order valence-corrected chi connectivity index (χ1v) is 7.50. The van der Waals surface area contributed by atoms with Gasteiger partial charge in [-0.2, -0.15) is 11.3 Å². The average Bonchev–Trinajstić information content (AvgIpc) is 2.96. The molecule has 3 nitrogen and oxygen atoms in total. The smallest absolute Gasteiger partial charge is 0.306 e. The number of carboxylic acid groups (broad SMARTS) is 1. The number of methoxy groups -OCH3 is 1. The summed E-state index contributed by atoms with van der Waals surface area (Å²) in [5, 5.41) is 13.5. The lowest BCUT2D eigenvalue weighted by atomic mass is 9.93. The molecule has 4 heteroatoms. The number of aliphatic carboxylic acids is 1. The molecular formula is C16H18O3S. The van der Waals surface area contributed by atoms with Gasteiger partial charge in [-0.15, -0.1) is 0 Å². The van der Waals surface area contributed by atoms with Gasteiger partial charge in [-0.05, 0) is 53.3 Å². The summed E-state index contributed by atoms with van der Waals surface area (Å²) >= 11 is 1.64. The summed E-state index contributed by atoms with van der Waals surface area (Å²) < 4.78 is 5.29. The number of aryl methyl sites for hydroxylation is 1. The predicted octanol–water partition coefficient (Wildman–Crippen LogP) is 3.63. The number of thiophene rings is 1. The number of hydrogen-bond acceptors (Lipinski definition) is 3. The molecule has 1 N–H and O–H groups in total. The number of ether oxygens (including phenoxy) is 1. The highest BCUT2D eigenvalue weighted by Gasteiger charge is 2.19. The van der Waals surface area contributed by atoms with Gasteiger partial charge in [-0.1, -0.05) is 18.2 Å². The van der Waals surface area contributed by atoms with E-state index in [9.17, 15) is 9.90 Å². The molecule has 2 aromatic rings. The molecule has 1 atom stereocenters. The molecule has 0 aliphatic heterocycles. The summed E-state index contributed by atoms with van der Waals surface area (Å²) in [5.74, 6) is -0.369. The van der Waals surface area contributed by atoms with Crippen molar-refractivity contribution < 1.29 is 14.6 Å². The summed E-state index contributed by atoms with van der Waals surface area (Å²) in [4.78, 5) is 11.4. The van der Waals surface area contributed by atoms with Gasteiger partial charge in [-0.3, -0.25) is 4.79 Å². The van der Waals surface area contributed by atoms with E-state index in [1.807, 2.05) is 35.7 Å². The molecule has 0 radical (unpaired) electrons. The predicted molar refractivity (Wildman–Crippen MR) is 80.5 cm³/mol. The minimum atomic E-state index is -0.744. The van der Waals surface area contributed by atoms with Crippen LogP contribution in [0.1, 0.15) is 17.5 Å². The van der Waals surface area contributed by atoms with E-state index in [1.54, 1.807) is 18.4 Å². The van der Waals surface area contributed by atoms with Gasteiger partial charge in [0.05, 0.1) is 13.0 Å². The first kappa shape index (κ1) is 14.6. The maximum absolute atomic E-state index is 11.4. The van der Waals surface area contributed by atoms with Crippen molar-refractivity contribution in [1.82, 2.24) is 0 Å². The monoisotopic (exact) mass is 290 g/mol. The molecule has 0 spiro atoms. The number of carboxylic acids is 1. The van der Waals surface area contributed by atoms with Crippen LogP contribution in [0.25, 0.3) is 0 Å². The molecule has 106 valence electrons. The second-order valence-electron chi connectivity index (χ2n) is 4.72. The van der Waals surface area contributed by atoms with Crippen LogP contribution in [0, 0.1) is 5.92 Å². The Morgan fingerprint density at radius 3 is 2.80 bits per heavy atom. The van der Waals surface area contributed by atoms with Crippen LogP contribution in [0.2, 0.25) is 0 Å². The zero-order valence-corrected chi connectivity index (χ0v) is 12.2. The molecule has 1 unspecified atom stereocenters. The third-order valence-corrected chi connectivity index (χ3v) is 4.10. The zero-order valence-electron chi connectivity index (χ0n) is 11.4. The summed E-state index contributed by atoms with van der Waals surface area (Å²) in [7, 11) is 1.61. The Balaban J connectivity index is 2.03. The van der Waals surface area contributed by atoms with Crippen LogP contribution in [0.4, 0.5) is 0 Å². The normalized spacial score (nSPS) is 12.1. The topological polar surface area (TPSA) is 46.5 Å². The average molecular weight is 290 g/mol. The van der Waals surface area contributed by atoms with Crippen molar-refractivity contribution in [3.05, 3.63) is 52.2 Å². The summed E-state index contributed by atoms with van der Waals surface area (Å²) in [5.41, 5.74) is 2.16. The van der Waals surface area contributed by atoms with Crippen molar-refractivity contribution in [3.8, 4) is 5.75 Å². The third-order valence-electron chi connectivity index (χ3n) is 3.37. The Bertz CT molecular complexity index is 549. The van der Waals surface area contributed by atoms with Crippen LogP contribution in [0.15, 0.2) is 41.1 Å². The van der Waals surface area contributed by atoms with E-state index >= 15 is 0 Å². The van der Waals surface area contributed by atoms with E-state index in [0.29, 0.717) is 12.8 Å². The van der Waals surface area contributed by atoms with Gasteiger partial charge in [0.15, 0.2) is 0 Å². The van der Waals surface area contributed by atoms with E-state index < -0.39 is 5.97 Å². The number of benzene rings is 1. The fourth-order valence-corrected chi connectivity index (χ4v) is 2.93. The van der Waals surface area contributed by atoms with Crippen LogP contribution in [-0.2, 0) is 17.6 Å². The molecule has 1 aromatic heterocycles. The van der Waals surface area contributed by atoms with E-state index in [0.717, 1.165) is 17.7 Å². The zero-order chi connectivity index (χ0) is 14.4. The molecule has 0 amide bonds. The van der Waals surface area contributed by atoms with Crippen molar-refractivity contribution in [2.75, 3.05) is 7.11 Å². The Morgan fingerprint density at radius 1 is 1.35 bits per heavy atom. The molecule has 1 aromatic carbocycles. The molecule has 2 rings (SSSR count). The Kier molecular flexibility index (Phi) is 5.18. The van der Waals surface area contributed by atoms with Gasteiger partial charge in [0, 0.05) is 0 Å². The van der Waals surface area contributed by atoms with Crippen molar-refractivity contribution in [3.63, 3.8) is 0 Å². The van der Waals surface area contributed by atoms with Crippen molar-refractivity contribution in [2.45, 2.75) is 19.3 Å². The first-order valence-electron chi connectivity index (χ1n) is 6.56. The van der Waals surface area contributed by atoms with E-state index in [1.165, 1.54) is 5.56 Å². The highest BCUT2D eigenvalue weighted by Crippen LogP contribution is 2.23. The maximum Gasteiger partial charge on any atom is 0.306 e. The molecule has 20 heavy (non-hydrogen) atoms. The van der Waals surface area contributed by atoms with Crippen molar-refractivity contribution in [2.24, 2.45) is 5.92 Å². The number of carbonyl (C=O) groups is 1. The van der Waals surface area contributed by atoms with Gasteiger partial charge in [0.1, 0.15) is 5.75 Å². The second kappa shape index (κ2) is 7.10. The minimum absolute atomic E-state index is 0.383. The molecule has 0 fully saturated rings. The molecule has 0 saturated carbocycles. The lowest BCUT2D eigenvalue weighted by Crippen LogP contribution is -2.17. The quantitative estimate of drug-likeness (QED) is 0.847. The molecular weight excluding hydrogens is 272 g/mol. The van der Waals surface area contributed by atoms with E-state index in [4.69, 9.17) is 4.74 Å². The highest BCUT2D eigenvalue weighted by molar-refractivity contribution is 7.07. The standard InChI is InChI=1S/C16H18O3S/c1-19-15-5-3-2-4-13(15)10-14(16(17)18)7-6-12-8-9-20-11-12/h2-5,8-9,11,14H,6-7,10H2,1H3,(H,17,18). The highest BCUT2D eigenvalue weighted by atomic mass is 32.1. The summed E-state index contributed by atoms with van der Waals surface area (Å²) in [6.45, 7) is 0. The first-order chi connectivity index (χ1) is 9.70. The van der Waals surface area contributed by atoms with Gasteiger partial charge in [0.25, 0.3) is 0 Å². The Morgan fingerprint density at radius 2 is 2.15 bits per heavy atom. The molecule has 0 aliphatic rings. The van der Waals surface area contributed by atoms with Crippen LogP contribution in [0.3, 0.4) is 0 Å². The Hall–Kier alpha value is -1.81. The summed E-state index contributed by atoms with van der Waals surface area (Å²) in [6.07, 6.45) is 1.95. The van der Waals surface area contributed by atoms with Crippen LogP contribution < -0.4 is 4.74 Å². The van der Waals surface area contributed by atoms with Gasteiger partial charge in [0.2, 0.25) is 0 Å². The van der Waals surface area contributed by atoms with Crippen LogP contribution in [-0.4, -0.2) is 18.2 Å². The minimum Gasteiger partial charge on any atom is -0.496 e. The van der Waals surface area contributed by atoms with Crippen molar-refractivity contribution in [1.29, 1.82) is 0 Å². The molecule has 0 bridgehead atoms. The van der Waals surface area contributed by atoms with Gasteiger partial charge >= 0.3 is 5.97 Å².